The number of para-hydroxylation sites is 1. The largest absolute Gasteiger partial charge is 0.349 e. The highest BCUT2D eigenvalue weighted by Gasteiger charge is 2.24. The van der Waals surface area contributed by atoms with E-state index in [9.17, 15) is 9.18 Å². The zero-order valence-corrected chi connectivity index (χ0v) is 16.6. The van der Waals surface area contributed by atoms with Gasteiger partial charge in [0.25, 0.3) is 5.91 Å². The average Bonchev–Trinajstić information content (AvgIpc) is 2.71. The standard InChI is InChI=1S/C23H23FN2OS/c1-15-6-2-4-8-20(15)26-23(27)19-14-22(25-21-9-5-3-7-18(19)21)28-17-12-10-16(24)11-13-17/h3,5,7,9-15,20H,2,4,6,8H2,1H3,(H,26,27)/t15-,20-/m0/s1. The summed E-state index contributed by atoms with van der Waals surface area (Å²) < 4.78 is 13.2. The van der Waals surface area contributed by atoms with Gasteiger partial charge in [0.2, 0.25) is 0 Å². The number of rotatable bonds is 4. The lowest BCUT2D eigenvalue weighted by Crippen LogP contribution is -2.41. The summed E-state index contributed by atoms with van der Waals surface area (Å²) in [4.78, 5) is 18.7. The molecule has 1 aromatic heterocycles. The number of hydrogen-bond donors (Lipinski definition) is 1. The number of carbonyl (C=O) groups is 1. The third-order valence-corrected chi connectivity index (χ3v) is 6.33. The second-order valence-electron chi connectivity index (χ2n) is 7.42. The van der Waals surface area contributed by atoms with Crippen LogP contribution in [0.4, 0.5) is 4.39 Å². The van der Waals surface area contributed by atoms with Crippen LogP contribution in [0.3, 0.4) is 0 Å². The highest BCUT2D eigenvalue weighted by Crippen LogP contribution is 2.30. The molecule has 1 fully saturated rings. The number of fused-ring (bicyclic) bond motifs is 1. The molecule has 1 aliphatic carbocycles. The van der Waals surface area contributed by atoms with E-state index < -0.39 is 0 Å². The van der Waals surface area contributed by atoms with Crippen molar-refractivity contribution in [3.8, 4) is 0 Å². The molecule has 0 bridgehead atoms. The first-order chi connectivity index (χ1) is 13.6. The molecule has 144 valence electrons. The second-order valence-corrected chi connectivity index (χ2v) is 8.52. The Hall–Kier alpha value is -2.40. The van der Waals surface area contributed by atoms with E-state index >= 15 is 0 Å². The van der Waals surface area contributed by atoms with Crippen LogP contribution in [0.2, 0.25) is 0 Å². The Morgan fingerprint density at radius 1 is 1.11 bits per heavy atom. The summed E-state index contributed by atoms with van der Waals surface area (Å²) in [6.45, 7) is 2.21. The summed E-state index contributed by atoms with van der Waals surface area (Å²) in [6.07, 6.45) is 4.60. The molecule has 0 spiro atoms. The minimum Gasteiger partial charge on any atom is -0.349 e. The van der Waals surface area contributed by atoms with Crippen LogP contribution in [0.1, 0.15) is 43.0 Å². The molecule has 0 unspecified atom stereocenters. The molecule has 1 amide bonds. The fraction of sp³-hybridized carbons (Fsp3) is 0.304. The highest BCUT2D eigenvalue weighted by molar-refractivity contribution is 7.99. The van der Waals surface area contributed by atoms with Crippen molar-refractivity contribution in [2.75, 3.05) is 0 Å². The summed E-state index contributed by atoms with van der Waals surface area (Å²) in [5, 5.41) is 4.83. The molecule has 1 aliphatic rings. The number of amides is 1. The van der Waals surface area contributed by atoms with Gasteiger partial charge in [-0.25, -0.2) is 9.37 Å². The van der Waals surface area contributed by atoms with Crippen molar-refractivity contribution in [1.82, 2.24) is 10.3 Å². The van der Waals surface area contributed by atoms with E-state index in [1.807, 2.05) is 30.3 Å². The van der Waals surface area contributed by atoms with Crippen molar-refractivity contribution in [3.05, 3.63) is 66.0 Å². The van der Waals surface area contributed by atoms with Crippen LogP contribution in [0.15, 0.2) is 64.5 Å². The third kappa shape index (κ3) is 4.20. The molecular formula is C23H23FN2OS. The van der Waals surface area contributed by atoms with Crippen LogP contribution in [-0.4, -0.2) is 16.9 Å². The van der Waals surface area contributed by atoms with Crippen molar-refractivity contribution in [3.63, 3.8) is 0 Å². The number of aromatic nitrogens is 1. The molecule has 4 rings (SSSR count). The predicted molar refractivity (Wildman–Crippen MR) is 111 cm³/mol. The molecule has 3 aromatic rings. The molecule has 1 N–H and O–H groups in total. The van der Waals surface area contributed by atoms with Gasteiger partial charge in [-0.3, -0.25) is 4.79 Å². The first-order valence-electron chi connectivity index (χ1n) is 9.74. The summed E-state index contributed by atoms with van der Waals surface area (Å²) in [7, 11) is 0. The predicted octanol–water partition coefficient (Wildman–Crippen LogP) is 5.83. The molecule has 0 radical (unpaired) electrons. The van der Waals surface area contributed by atoms with E-state index in [1.165, 1.54) is 30.3 Å². The Morgan fingerprint density at radius 3 is 2.64 bits per heavy atom. The minimum atomic E-state index is -0.266. The SMILES string of the molecule is C[C@H]1CCCC[C@@H]1NC(=O)c1cc(Sc2ccc(F)cc2)nc2ccccc12. The monoisotopic (exact) mass is 394 g/mol. The smallest absolute Gasteiger partial charge is 0.252 e. The fourth-order valence-electron chi connectivity index (χ4n) is 3.79. The van der Waals surface area contributed by atoms with Crippen LogP contribution in [0.5, 0.6) is 0 Å². The zero-order valence-electron chi connectivity index (χ0n) is 15.8. The summed E-state index contributed by atoms with van der Waals surface area (Å²) in [5.41, 5.74) is 1.43. The maximum absolute atomic E-state index is 13.2. The second kappa shape index (κ2) is 8.31. The molecular weight excluding hydrogens is 371 g/mol. The van der Waals surface area contributed by atoms with Crippen molar-refractivity contribution in [1.29, 1.82) is 0 Å². The quantitative estimate of drug-likeness (QED) is 0.605. The molecule has 28 heavy (non-hydrogen) atoms. The molecule has 1 saturated carbocycles. The lowest BCUT2D eigenvalue weighted by atomic mass is 9.86. The first-order valence-corrected chi connectivity index (χ1v) is 10.6. The Labute approximate surface area is 168 Å². The number of pyridine rings is 1. The molecule has 1 heterocycles. The Morgan fingerprint density at radius 2 is 1.86 bits per heavy atom. The normalized spacial score (nSPS) is 19.5. The zero-order chi connectivity index (χ0) is 19.5. The summed E-state index contributed by atoms with van der Waals surface area (Å²) in [6, 6.07) is 16.1. The van der Waals surface area contributed by atoms with Gasteiger partial charge in [-0.15, -0.1) is 0 Å². The number of nitrogens with zero attached hydrogens (tertiary/aromatic N) is 1. The van der Waals surface area contributed by atoms with Gasteiger partial charge < -0.3 is 5.32 Å². The summed E-state index contributed by atoms with van der Waals surface area (Å²) in [5.74, 6) is 0.189. The fourth-order valence-corrected chi connectivity index (χ4v) is 4.63. The van der Waals surface area contributed by atoms with Crippen LogP contribution in [0.25, 0.3) is 10.9 Å². The molecule has 0 aliphatic heterocycles. The number of hydrogen-bond acceptors (Lipinski definition) is 3. The van der Waals surface area contributed by atoms with Gasteiger partial charge in [-0.05, 0) is 55.2 Å². The van der Waals surface area contributed by atoms with Crippen molar-refractivity contribution >= 4 is 28.6 Å². The van der Waals surface area contributed by atoms with Gasteiger partial charge in [0.05, 0.1) is 11.1 Å². The van der Waals surface area contributed by atoms with Gasteiger partial charge in [0.15, 0.2) is 0 Å². The first kappa shape index (κ1) is 18.9. The van der Waals surface area contributed by atoms with E-state index in [1.54, 1.807) is 12.1 Å². The van der Waals surface area contributed by atoms with Gasteiger partial charge in [-0.2, -0.15) is 0 Å². The van der Waals surface area contributed by atoms with Gasteiger partial charge in [0.1, 0.15) is 10.8 Å². The van der Waals surface area contributed by atoms with Crippen LogP contribution >= 0.6 is 11.8 Å². The van der Waals surface area contributed by atoms with Crippen molar-refractivity contribution < 1.29 is 9.18 Å². The number of carbonyl (C=O) groups excluding carboxylic acids is 1. The highest BCUT2D eigenvalue weighted by atomic mass is 32.2. The number of halogens is 1. The average molecular weight is 395 g/mol. The van der Waals surface area contributed by atoms with E-state index in [0.717, 1.165) is 40.1 Å². The van der Waals surface area contributed by atoms with E-state index in [4.69, 9.17) is 0 Å². The van der Waals surface area contributed by atoms with Gasteiger partial charge in [-0.1, -0.05) is 49.7 Å². The number of benzene rings is 2. The molecule has 2 atom stereocenters. The Kier molecular flexibility index (Phi) is 5.62. The van der Waals surface area contributed by atoms with Gasteiger partial charge >= 0.3 is 0 Å². The van der Waals surface area contributed by atoms with Crippen molar-refractivity contribution in [2.45, 2.75) is 48.6 Å². The van der Waals surface area contributed by atoms with Crippen LogP contribution < -0.4 is 5.32 Å². The maximum Gasteiger partial charge on any atom is 0.252 e. The van der Waals surface area contributed by atoms with E-state index in [2.05, 4.69) is 17.2 Å². The summed E-state index contributed by atoms with van der Waals surface area (Å²) >= 11 is 1.43. The maximum atomic E-state index is 13.2. The lowest BCUT2D eigenvalue weighted by Gasteiger charge is -2.29. The molecule has 3 nitrogen and oxygen atoms in total. The van der Waals surface area contributed by atoms with Crippen LogP contribution in [-0.2, 0) is 0 Å². The third-order valence-electron chi connectivity index (χ3n) is 5.40. The van der Waals surface area contributed by atoms with Crippen molar-refractivity contribution in [2.24, 2.45) is 5.92 Å². The van der Waals surface area contributed by atoms with Gasteiger partial charge in [0, 0.05) is 16.3 Å². The number of nitrogens with one attached hydrogen (secondary N) is 1. The molecule has 0 saturated heterocycles. The van der Waals surface area contributed by atoms with E-state index in [-0.39, 0.29) is 17.8 Å². The van der Waals surface area contributed by atoms with Crippen LogP contribution in [0, 0.1) is 11.7 Å². The Bertz CT molecular complexity index is 990. The lowest BCUT2D eigenvalue weighted by molar-refractivity contribution is 0.0911. The minimum absolute atomic E-state index is 0.0432. The Balaban J connectivity index is 1.65. The molecule has 5 heteroatoms. The van der Waals surface area contributed by atoms with E-state index in [0.29, 0.717) is 11.5 Å². The topological polar surface area (TPSA) is 42.0 Å². The molecule has 2 aromatic carbocycles.